The number of halogens is 3. The topological polar surface area (TPSA) is 121 Å². The number of thiophene rings is 1. The monoisotopic (exact) mass is 650 g/mol. The lowest BCUT2D eigenvalue weighted by atomic mass is 10.1. The number of aliphatic hydroxyl groups is 1. The molecule has 0 spiro atoms. The number of fused-ring (bicyclic) bond motifs is 3. The summed E-state index contributed by atoms with van der Waals surface area (Å²) in [4.78, 5) is 18.4. The van der Waals surface area contributed by atoms with E-state index >= 15 is 0 Å². The van der Waals surface area contributed by atoms with Crippen molar-refractivity contribution in [3.05, 3.63) is 40.5 Å². The molecule has 1 saturated carbocycles. The van der Waals surface area contributed by atoms with E-state index in [9.17, 15) is 26.7 Å². The zero-order valence-electron chi connectivity index (χ0n) is 24.0. The molecule has 15 heteroatoms. The number of rotatable bonds is 7. The molecule has 2 bridgehead atoms. The number of aromatic nitrogens is 3. The fraction of sp³-hybridized carbons (Fsp3) is 0.552. The van der Waals surface area contributed by atoms with Gasteiger partial charge in [0.15, 0.2) is 9.84 Å². The first-order chi connectivity index (χ1) is 21.0. The number of ether oxygens (including phenoxy) is 1. The molecular formula is C29H33F3N6O4S2. The van der Waals surface area contributed by atoms with Crippen LogP contribution < -0.4 is 10.2 Å². The number of alkyl halides is 3. The van der Waals surface area contributed by atoms with Gasteiger partial charge in [-0.3, -0.25) is 4.90 Å². The van der Waals surface area contributed by atoms with Gasteiger partial charge in [0.1, 0.15) is 11.4 Å². The Morgan fingerprint density at radius 2 is 1.89 bits per heavy atom. The first kappa shape index (κ1) is 29.8. The fourth-order valence-electron chi connectivity index (χ4n) is 6.58. The molecule has 1 aliphatic carbocycles. The SMILES string of the molecule is C[C@@H]1OCCS(=O)(=O)c2cc(-c3nc(Nc4ccc(N5CC6CCC(C5)N6CCO)nc4C4CC4)ncc3C(F)(F)F)sc21. The summed E-state index contributed by atoms with van der Waals surface area (Å²) in [7, 11) is -3.72. The molecule has 0 aromatic carbocycles. The summed E-state index contributed by atoms with van der Waals surface area (Å²) < 4.78 is 73.7. The van der Waals surface area contributed by atoms with Crippen LogP contribution in [-0.2, 0) is 20.8 Å². The first-order valence-electron chi connectivity index (χ1n) is 14.8. The Labute approximate surface area is 257 Å². The van der Waals surface area contributed by atoms with E-state index in [0.717, 1.165) is 67.8 Å². The normalized spacial score (nSPS) is 25.1. The summed E-state index contributed by atoms with van der Waals surface area (Å²) in [5.74, 6) is 0.828. The second-order valence-corrected chi connectivity index (χ2v) is 15.0. The Balaban J connectivity index is 1.21. The summed E-state index contributed by atoms with van der Waals surface area (Å²) in [5.41, 5.74) is 0.0357. The first-order valence-corrected chi connectivity index (χ1v) is 17.3. The molecule has 10 nitrogen and oxygen atoms in total. The highest BCUT2D eigenvalue weighted by molar-refractivity contribution is 7.91. The van der Waals surface area contributed by atoms with E-state index in [1.807, 2.05) is 12.1 Å². The van der Waals surface area contributed by atoms with Crippen molar-refractivity contribution in [1.82, 2.24) is 19.9 Å². The number of nitrogens with one attached hydrogen (secondary N) is 1. The maximum Gasteiger partial charge on any atom is 0.420 e. The smallest absolute Gasteiger partial charge is 0.395 e. The van der Waals surface area contributed by atoms with Gasteiger partial charge in [-0.2, -0.15) is 13.2 Å². The van der Waals surface area contributed by atoms with E-state index in [-0.39, 0.29) is 46.3 Å². The molecule has 44 heavy (non-hydrogen) atoms. The van der Waals surface area contributed by atoms with Crippen molar-refractivity contribution in [3.63, 3.8) is 0 Å². The van der Waals surface area contributed by atoms with E-state index < -0.39 is 27.7 Å². The number of pyridine rings is 1. The molecule has 2 N–H and O–H groups in total. The maximum atomic E-state index is 14.1. The summed E-state index contributed by atoms with van der Waals surface area (Å²) in [6.45, 7) is 4.19. The van der Waals surface area contributed by atoms with Crippen molar-refractivity contribution < 1.29 is 31.4 Å². The van der Waals surface area contributed by atoms with Gasteiger partial charge in [0.25, 0.3) is 0 Å². The second kappa shape index (κ2) is 11.2. The predicted molar refractivity (Wildman–Crippen MR) is 159 cm³/mol. The van der Waals surface area contributed by atoms with Gasteiger partial charge in [-0.1, -0.05) is 0 Å². The predicted octanol–water partition coefficient (Wildman–Crippen LogP) is 4.75. The highest BCUT2D eigenvalue weighted by Crippen LogP contribution is 2.46. The molecule has 3 aliphatic heterocycles. The molecular weight excluding hydrogens is 617 g/mol. The molecule has 7 rings (SSSR count). The minimum Gasteiger partial charge on any atom is -0.395 e. The third-order valence-electron chi connectivity index (χ3n) is 8.91. The second-order valence-electron chi connectivity index (χ2n) is 11.9. The molecule has 3 atom stereocenters. The highest BCUT2D eigenvalue weighted by atomic mass is 32.2. The van der Waals surface area contributed by atoms with E-state index in [2.05, 4.69) is 25.1 Å². The molecule has 3 aromatic rings. The van der Waals surface area contributed by atoms with Gasteiger partial charge in [-0.15, -0.1) is 11.3 Å². The molecule has 3 aromatic heterocycles. The lowest BCUT2D eigenvalue weighted by molar-refractivity contribution is -0.137. The molecule has 3 fully saturated rings. The standard InChI is InChI=1S/C29H33F3N6O4S2/c1-16-27-23(44(40,41)11-10-42-16)12-22(43-27)26-20(29(30,31)32)13-33-28(36-26)34-21-6-7-24(35-25(21)17-2-3-17)37-14-18-4-5-19(15-37)38(18)8-9-39/h6-7,12-13,16-19,39H,2-5,8-11,14-15H2,1H3,(H,33,34,36)/t16-,18?,19?/m0/s1. The van der Waals surface area contributed by atoms with Gasteiger partial charge >= 0.3 is 6.18 Å². The number of piperazine rings is 1. The van der Waals surface area contributed by atoms with Gasteiger partial charge in [-0.05, 0) is 50.8 Å². The Hall–Kier alpha value is -2.85. The van der Waals surface area contributed by atoms with Crippen LogP contribution >= 0.6 is 11.3 Å². The Bertz CT molecular complexity index is 1670. The van der Waals surface area contributed by atoms with Crippen LogP contribution in [0.15, 0.2) is 29.3 Å². The van der Waals surface area contributed by atoms with Gasteiger partial charge in [0, 0.05) is 43.8 Å². The Morgan fingerprint density at radius 3 is 2.57 bits per heavy atom. The third kappa shape index (κ3) is 5.57. The molecule has 0 radical (unpaired) electrons. The lowest BCUT2D eigenvalue weighted by Gasteiger charge is -2.41. The summed E-state index contributed by atoms with van der Waals surface area (Å²) in [5, 5.41) is 12.6. The van der Waals surface area contributed by atoms with Crippen LogP contribution in [0.25, 0.3) is 10.6 Å². The lowest BCUT2D eigenvalue weighted by Crippen LogP contribution is -2.54. The largest absolute Gasteiger partial charge is 0.420 e. The minimum atomic E-state index is -4.75. The molecule has 4 aliphatic rings. The van der Waals surface area contributed by atoms with Crippen molar-refractivity contribution in [2.24, 2.45) is 0 Å². The van der Waals surface area contributed by atoms with Crippen LogP contribution in [-0.4, -0.2) is 84.1 Å². The average molecular weight is 651 g/mol. The number of hydrogen-bond donors (Lipinski definition) is 2. The van der Waals surface area contributed by atoms with Crippen LogP contribution in [0.3, 0.4) is 0 Å². The van der Waals surface area contributed by atoms with Crippen molar-refractivity contribution in [2.45, 2.75) is 67.8 Å². The minimum absolute atomic E-state index is 0.00909. The van der Waals surface area contributed by atoms with Crippen molar-refractivity contribution in [1.29, 1.82) is 0 Å². The third-order valence-corrected chi connectivity index (χ3v) is 12.1. The summed E-state index contributed by atoms with van der Waals surface area (Å²) in [6, 6.07) is 5.84. The highest BCUT2D eigenvalue weighted by Gasteiger charge is 2.41. The molecule has 2 unspecified atom stereocenters. The van der Waals surface area contributed by atoms with Gasteiger partial charge < -0.3 is 20.1 Å². The quantitative estimate of drug-likeness (QED) is 0.371. The number of sulfone groups is 1. The van der Waals surface area contributed by atoms with Crippen LogP contribution in [0.5, 0.6) is 0 Å². The number of anilines is 3. The van der Waals surface area contributed by atoms with Crippen molar-refractivity contribution in [2.75, 3.05) is 48.8 Å². The van der Waals surface area contributed by atoms with Gasteiger partial charge in [0.05, 0.1) is 56.8 Å². The van der Waals surface area contributed by atoms with Crippen LogP contribution in [0.4, 0.5) is 30.6 Å². The molecule has 0 amide bonds. The summed E-state index contributed by atoms with van der Waals surface area (Å²) >= 11 is 0.944. The zero-order chi connectivity index (χ0) is 30.8. The van der Waals surface area contributed by atoms with E-state index in [1.54, 1.807) is 6.92 Å². The Kier molecular flexibility index (Phi) is 7.59. The average Bonchev–Trinajstić information content (AvgIpc) is 3.69. The number of nitrogens with zero attached hydrogens (tertiary/aromatic N) is 5. The summed E-state index contributed by atoms with van der Waals surface area (Å²) in [6.07, 6.45) is -0.467. The van der Waals surface area contributed by atoms with Gasteiger partial charge in [-0.25, -0.2) is 23.4 Å². The van der Waals surface area contributed by atoms with Crippen LogP contribution in [0.1, 0.15) is 60.8 Å². The van der Waals surface area contributed by atoms with Gasteiger partial charge in [0.2, 0.25) is 5.95 Å². The fourth-order valence-corrected chi connectivity index (χ4v) is 9.53. The molecule has 236 valence electrons. The van der Waals surface area contributed by atoms with Crippen molar-refractivity contribution in [3.8, 4) is 10.6 Å². The number of aliphatic hydroxyl groups excluding tert-OH is 1. The maximum absolute atomic E-state index is 14.1. The number of hydrogen-bond acceptors (Lipinski definition) is 11. The Morgan fingerprint density at radius 1 is 1.14 bits per heavy atom. The zero-order valence-corrected chi connectivity index (χ0v) is 25.7. The van der Waals surface area contributed by atoms with Crippen LogP contribution in [0, 0.1) is 0 Å². The van der Waals surface area contributed by atoms with E-state index in [1.165, 1.54) is 6.07 Å². The molecule has 6 heterocycles. The molecule has 2 saturated heterocycles. The van der Waals surface area contributed by atoms with Crippen molar-refractivity contribution >= 4 is 38.6 Å². The van der Waals surface area contributed by atoms with E-state index in [4.69, 9.17) is 9.72 Å². The van der Waals surface area contributed by atoms with Crippen LogP contribution in [0.2, 0.25) is 0 Å². The van der Waals surface area contributed by atoms with E-state index in [0.29, 0.717) is 29.2 Å².